The van der Waals surface area contributed by atoms with E-state index < -0.39 is 0 Å². The second kappa shape index (κ2) is 5.82. The fraction of sp³-hybridized carbons (Fsp3) is 0.333. The summed E-state index contributed by atoms with van der Waals surface area (Å²) in [5, 5.41) is 4.49. The Kier molecular flexibility index (Phi) is 4.37. The van der Waals surface area contributed by atoms with Crippen LogP contribution in [-0.2, 0) is 6.42 Å². The van der Waals surface area contributed by atoms with E-state index in [0.717, 1.165) is 16.5 Å². The van der Waals surface area contributed by atoms with Gasteiger partial charge in [0, 0.05) is 16.9 Å². The molecule has 2 aromatic rings. The summed E-state index contributed by atoms with van der Waals surface area (Å²) in [6, 6.07) is 5.53. The minimum absolute atomic E-state index is 0.0495. The summed E-state index contributed by atoms with van der Waals surface area (Å²) < 4.78 is 6.12. The highest BCUT2D eigenvalue weighted by molar-refractivity contribution is 9.10. The Balaban J connectivity index is 2.26. The Morgan fingerprint density at radius 2 is 2.28 bits per heavy atom. The fourth-order valence-electron chi connectivity index (χ4n) is 1.49. The lowest BCUT2D eigenvalue weighted by molar-refractivity contribution is 0.419. The molecular formula is C12H13BrClN3O. The van der Waals surface area contributed by atoms with Crippen molar-refractivity contribution < 1.29 is 4.52 Å². The summed E-state index contributed by atoms with van der Waals surface area (Å²) >= 11 is 9.48. The summed E-state index contributed by atoms with van der Waals surface area (Å²) in [6.07, 6.45) is 1.48. The Labute approximate surface area is 119 Å². The van der Waals surface area contributed by atoms with Crippen LogP contribution in [0.5, 0.6) is 0 Å². The summed E-state index contributed by atoms with van der Waals surface area (Å²) in [4.78, 5) is 4.31. The molecule has 0 radical (unpaired) electrons. The van der Waals surface area contributed by atoms with Crippen molar-refractivity contribution in [1.29, 1.82) is 0 Å². The van der Waals surface area contributed by atoms with Crippen molar-refractivity contribution in [2.45, 2.75) is 25.8 Å². The molecule has 1 aromatic heterocycles. The molecule has 18 heavy (non-hydrogen) atoms. The molecule has 6 heteroatoms. The van der Waals surface area contributed by atoms with Gasteiger partial charge in [0.05, 0.1) is 10.6 Å². The summed E-state index contributed by atoms with van der Waals surface area (Å²) in [5.41, 5.74) is 6.57. The molecule has 0 bridgehead atoms. The van der Waals surface area contributed by atoms with Gasteiger partial charge in [0.25, 0.3) is 5.89 Å². The van der Waals surface area contributed by atoms with Crippen LogP contribution in [-0.4, -0.2) is 16.2 Å². The predicted octanol–water partition coefficient (Wildman–Crippen LogP) is 3.43. The van der Waals surface area contributed by atoms with E-state index in [4.69, 9.17) is 21.9 Å². The van der Waals surface area contributed by atoms with Crippen LogP contribution in [0, 0.1) is 0 Å². The zero-order valence-electron chi connectivity index (χ0n) is 9.86. The highest BCUT2D eigenvalue weighted by Gasteiger charge is 2.14. The Morgan fingerprint density at radius 1 is 1.50 bits per heavy atom. The van der Waals surface area contributed by atoms with Gasteiger partial charge in [-0.25, -0.2) is 0 Å². The lowest BCUT2D eigenvalue weighted by atomic mass is 10.1. The molecule has 0 aliphatic rings. The van der Waals surface area contributed by atoms with E-state index in [2.05, 4.69) is 26.1 Å². The second-order valence-corrected chi connectivity index (χ2v) is 5.34. The molecule has 0 saturated heterocycles. The molecule has 0 amide bonds. The number of rotatable bonds is 4. The summed E-state index contributed by atoms with van der Waals surface area (Å²) in [7, 11) is 0. The first-order chi connectivity index (χ1) is 8.60. The molecule has 4 nitrogen and oxygen atoms in total. The van der Waals surface area contributed by atoms with Crippen LogP contribution < -0.4 is 5.73 Å². The third-order valence-electron chi connectivity index (χ3n) is 2.60. The van der Waals surface area contributed by atoms with Crippen LogP contribution in [0.3, 0.4) is 0 Å². The molecule has 2 rings (SSSR count). The van der Waals surface area contributed by atoms with Gasteiger partial charge in [0.15, 0.2) is 5.82 Å². The van der Waals surface area contributed by atoms with Crippen LogP contribution >= 0.6 is 27.5 Å². The fourth-order valence-corrected chi connectivity index (χ4v) is 2.05. The lowest BCUT2D eigenvalue weighted by Gasteiger charge is -2.02. The maximum absolute atomic E-state index is 6.10. The molecule has 1 aromatic carbocycles. The highest BCUT2D eigenvalue weighted by Crippen LogP contribution is 2.29. The first-order valence-corrected chi connectivity index (χ1v) is 6.80. The molecule has 0 fully saturated rings. The molecule has 0 saturated carbocycles. The van der Waals surface area contributed by atoms with Gasteiger partial charge in [-0.15, -0.1) is 0 Å². The largest absolute Gasteiger partial charge is 0.334 e. The predicted molar refractivity (Wildman–Crippen MR) is 74.4 cm³/mol. The van der Waals surface area contributed by atoms with Gasteiger partial charge in [-0.1, -0.05) is 39.6 Å². The standard InChI is InChI=1S/C12H13BrClN3O/c1-2-8(15)6-11-16-12(18-17-11)9-5-7(13)3-4-10(9)14/h3-5,8H,2,6,15H2,1H3. The average Bonchev–Trinajstić information content (AvgIpc) is 2.80. The average molecular weight is 331 g/mol. The Bertz CT molecular complexity index is 544. The molecule has 2 N–H and O–H groups in total. The van der Waals surface area contributed by atoms with E-state index in [9.17, 15) is 0 Å². The number of halogens is 2. The van der Waals surface area contributed by atoms with Crippen molar-refractivity contribution in [3.63, 3.8) is 0 Å². The van der Waals surface area contributed by atoms with Crippen molar-refractivity contribution >= 4 is 27.5 Å². The number of benzene rings is 1. The van der Waals surface area contributed by atoms with Gasteiger partial charge >= 0.3 is 0 Å². The summed E-state index contributed by atoms with van der Waals surface area (Å²) in [5.74, 6) is 1.02. The van der Waals surface area contributed by atoms with E-state index in [1.807, 2.05) is 19.1 Å². The first-order valence-electron chi connectivity index (χ1n) is 5.63. The van der Waals surface area contributed by atoms with Crippen molar-refractivity contribution in [2.24, 2.45) is 5.73 Å². The Hall–Kier alpha value is -0.910. The summed E-state index contributed by atoms with van der Waals surface area (Å²) in [6.45, 7) is 2.02. The van der Waals surface area contributed by atoms with Crippen LogP contribution in [0.1, 0.15) is 19.2 Å². The van der Waals surface area contributed by atoms with Gasteiger partial charge in [-0.3, -0.25) is 0 Å². The van der Waals surface area contributed by atoms with E-state index in [-0.39, 0.29) is 6.04 Å². The van der Waals surface area contributed by atoms with E-state index in [0.29, 0.717) is 23.2 Å². The number of hydrogen-bond acceptors (Lipinski definition) is 4. The topological polar surface area (TPSA) is 64.9 Å². The number of aromatic nitrogens is 2. The zero-order valence-corrected chi connectivity index (χ0v) is 12.2. The first kappa shape index (κ1) is 13.5. The van der Waals surface area contributed by atoms with Crippen molar-refractivity contribution in [2.75, 3.05) is 0 Å². The van der Waals surface area contributed by atoms with Gasteiger partial charge in [0.2, 0.25) is 0 Å². The molecule has 0 aliphatic heterocycles. The molecule has 1 unspecified atom stereocenters. The lowest BCUT2D eigenvalue weighted by Crippen LogP contribution is -2.21. The molecule has 1 heterocycles. The second-order valence-electron chi connectivity index (χ2n) is 4.01. The third-order valence-corrected chi connectivity index (χ3v) is 3.42. The minimum Gasteiger partial charge on any atom is -0.334 e. The van der Waals surface area contributed by atoms with Crippen molar-refractivity contribution in [3.8, 4) is 11.5 Å². The maximum atomic E-state index is 6.10. The molecule has 96 valence electrons. The normalized spacial score (nSPS) is 12.7. The molecular weight excluding hydrogens is 318 g/mol. The smallest absolute Gasteiger partial charge is 0.259 e. The SMILES string of the molecule is CCC(N)Cc1noc(-c2cc(Br)ccc2Cl)n1. The quantitative estimate of drug-likeness (QED) is 0.932. The van der Waals surface area contributed by atoms with Gasteiger partial charge in [0.1, 0.15) is 0 Å². The number of hydrogen-bond donors (Lipinski definition) is 1. The van der Waals surface area contributed by atoms with Crippen LogP contribution in [0.15, 0.2) is 27.2 Å². The monoisotopic (exact) mass is 329 g/mol. The number of nitrogens with zero attached hydrogens (tertiary/aromatic N) is 2. The molecule has 0 spiro atoms. The van der Waals surface area contributed by atoms with Crippen LogP contribution in [0.2, 0.25) is 5.02 Å². The number of nitrogens with two attached hydrogens (primary N) is 1. The maximum Gasteiger partial charge on any atom is 0.259 e. The van der Waals surface area contributed by atoms with E-state index >= 15 is 0 Å². The van der Waals surface area contributed by atoms with Gasteiger partial charge in [-0.2, -0.15) is 4.98 Å². The molecule has 0 aliphatic carbocycles. The van der Waals surface area contributed by atoms with Crippen molar-refractivity contribution in [1.82, 2.24) is 10.1 Å². The van der Waals surface area contributed by atoms with Crippen LogP contribution in [0.4, 0.5) is 0 Å². The zero-order chi connectivity index (χ0) is 13.1. The van der Waals surface area contributed by atoms with Gasteiger partial charge in [-0.05, 0) is 24.6 Å². The van der Waals surface area contributed by atoms with E-state index in [1.54, 1.807) is 6.07 Å². The highest BCUT2D eigenvalue weighted by atomic mass is 79.9. The third kappa shape index (κ3) is 3.10. The molecule has 1 atom stereocenters. The van der Waals surface area contributed by atoms with Crippen molar-refractivity contribution in [3.05, 3.63) is 33.5 Å². The van der Waals surface area contributed by atoms with Crippen LogP contribution in [0.25, 0.3) is 11.5 Å². The van der Waals surface area contributed by atoms with Gasteiger partial charge < -0.3 is 10.3 Å². The Morgan fingerprint density at radius 3 is 3.00 bits per heavy atom. The van der Waals surface area contributed by atoms with E-state index in [1.165, 1.54) is 0 Å². The minimum atomic E-state index is 0.0495.